The van der Waals surface area contributed by atoms with Gasteiger partial charge in [0.1, 0.15) is 11.9 Å². The first-order chi connectivity index (χ1) is 16.0. The minimum atomic E-state index is -1.04. The van der Waals surface area contributed by atoms with Gasteiger partial charge in [-0.2, -0.15) is 4.98 Å². The lowest BCUT2D eigenvalue weighted by Crippen LogP contribution is -2.36. The Bertz CT molecular complexity index is 976. The Hall–Kier alpha value is -2.97. The first-order valence-electron chi connectivity index (χ1n) is 10.9. The maximum atomic E-state index is 10.4. The number of methoxy groups -OCH3 is 1. The molecule has 0 bridgehead atoms. The largest absolute Gasteiger partial charge is 0.478 e. The summed E-state index contributed by atoms with van der Waals surface area (Å²) in [6, 6.07) is 3.08. The van der Waals surface area contributed by atoms with Crippen LogP contribution in [-0.4, -0.2) is 82.0 Å². The third kappa shape index (κ3) is 6.30. The summed E-state index contributed by atoms with van der Waals surface area (Å²) in [5.41, 5.74) is 1.91. The Morgan fingerprint density at radius 2 is 2.00 bits per heavy atom. The molecular weight excluding hydrogens is 426 g/mol. The molecule has 1 saturated carbocycles. The second-order valence-electron chi connectivity index (χ2n) is 7.75. The van der Waals surface area contributed by atoms with Crippen molar-refractivity contribution in [2.45, 2.75) is 38.5 Å². The minimum absolute atomic E-state index is 0.208. The molecule has 178 valence electrons. The molecule has 0 amide bonds. The molecule has 0 spiro atoms. The summed E-state index contributed by atoms with van der Waals surface area (Å²) in [4.78, 5) is 13.3. The van der Waals surface area contributed by atoms with Crippen molar-refractivity contribution in [2.24, 2.45) is 5.92 Å². The average molecular weight is 458 g/mol. The number of aryl methyl sites for hydroxylation is 1. The number of nitrogens with one attached hydrogen (secondary N) is 2. The van der Waals surface area contributed by atoms with Gasteiger partial charge in [-0.25, -0.2) is 9.97 Å². The van der Waals surface area contributed by atoms with E-state index < -0.39 is 24.2 Å². The van der Waals surface area contributed by atoms with Crippen molar-refractivity contribution in [3.8, 4) is 17.7 Å². The van der Waals surface area contributed by atoms with Gasteiger partial charge in [0.05, 0.1) is 36.6 Å². The monoisotopic (exact) mass is 457 g/mol. The van der Waals surface area contributed by atoms with Crippen molar-refractivity contribution >= 4 is 11.8 Å². The van der Waals surface area contributed by atoms with E-state index in [0.717, 1.165) is 0 Å². The fourth-order valence-electron chi connectivity index (χ4n) is 3.62. The lowest BCUT2D eigenvalue weighted by atomic mass is 10.1. The van der Waals surface area contributed by atoms with Crippen LogP contribution in [0.2, 0.25) is 0 Å². The molecule has 33 heavy (non-hydrogen) atoms. The summed E-state index contributed by atoms with van der Waals surface area (Å²) < 4.78 is 10.4. The Morgan fingerprint density at radius 3 is 2.64 bits per heavy atom. The van der Waals surface area contributed by atoms with E-state index in [9.17, 15) is 15.3 Å². The fourth-order valence-corrected chi connectivity index (χ4v) is 3.62. The highest BCUT2D eigenvalue weighted by Gasteiger charge is 2.41. The van der Waals surface area contributed by atoms with Crippen molar-refractivity contribution in [3.63, 3.8) is 0 Å². The third-order valence-corrected chi connectivity index (χ3v) is 5.40. The Kier molecular flexibility index (Phi) is 8.79. The molecule has 0 saturated heterocycles. The van der Waals surface area contributed by atoms with Crippen LogP contribution >= 0.6 is 0 Å². The molecular formula is C23H31N5O5. The minimum Gasteiger partial charge on any atom is -0.478 e. The van der Waals surface area contributed by atoms with Crippen molar-refractivity contribution in [2.75, 3.05) is 44.1 Å². The summed E-state index contributed by atoms with van der Waals surface area (Å²) >= 11 is 0. The molecule has 2 heterocycles. The van der Waals surface area contributed by atoms with E-state index in [0.29, 0.717) is 60.6 Å². The maximum absolute atomic E-state index is 10.4. The standard InChI is InChI=1S/C23H31N5O5/c1-4-33-19-8-6-15(12-25-19)5-7-17-14(2)26-23(24-9-10-32-3)28-22(17)27-18-11-16(13-29)20(30)21(18)31/h6,8,12,16,18,20-21,29-31H,4,9-11,13H2,1-3H3,(H2,24,26,27,28)/t16-,18-,20-,21+/m1/s1. The first kappa shape index (κ1) is 24.7. The van der Waals surface area contributed by atoms with Gasteiger partial charge in [0.2, 0.25) is 11.8 Å². The summed E-state index contributed by atoms with van der Waals surface area (Å²) in [5.74, 6) is 7.12. The van der Waals surface area contributed by atoms with Gasteiger partial charge in [-0.1, -0.05) is 11.8 Å². The van der Waals surface area contributed by atoms with Crippen LogP contribution in [-0.2, 0) is 4.74 Å². The number of ether oxygens (including phenoxy) is 2. The molecule has 10 nitrogen and oxygen atoms in total. The second-order valence-corrected chi connectivity index (χ2v) is 7.75. The topological polar surface area (TPSA) is 142 Å². The van der Waals surface area contributed by atoms with Crippen LogP contribution in [0.5, 0.6) is 5.88 Å². The van der Waals surface area contributed by atoms with Gasteiger partial charge in [0, 0.05) is 44.0 Å². The zero-order valence-corrected chi connectivity index (χ0v) is 19.1. The molecule has 1 aliphatic rings. The summed E-state index contributed by atoms with van der Waals surface area (Å²) in [6.07, 6.45) is -0.0350. The van der Waals surface area contributed by atoms with Gasteiger partial charge in [-0.05, 0) is 26.3 Å². The van der Waals surface area contributed by atoms with Crippen molar-refractivity contribution < 1.29 is 24.8 Å². The van der Waals surface area contributed by atoms with Crippen LogP contribution in [0.4, 0.5) is 11.8 Å². The van der Waals surface area contributed by atoms with Crippen LogP contribution in [0.3, 0.4) is 0 Å². The maximum Gasteiger partial charge on any atom is 0.225 e. The van der Waals surface area contributed by atoms with Gasteiger partial charge in [0.15, 0.2) is 0 Å². The number of hydrogen-bond acceptors (Lipinski definition) is 10. The molecule has 3 rings (SSSR count). The summed E-state index contributed by atoms with van der Waals surface area (Å²) in [5, 5.41) is 36.4. The van der Waals surface area contributed by atoms with Crippen LogP contribution in [0, 0.1) is 24.7 Å². The van der Waals surface area contributed by atoms with E-state index in [-0.39, 0.29) is 6.61 Å². The molecule has 2 aromatic rings. The highest BCUT2D eigenvalue weighted by atomic mass is 16.5. The molecule has 5 N–H and O–H groups in total. The molecule has 1 fully saturated rings. The summed E-state index contributed by atoms with van der Waals surface area (Å²) in [6.45, 7) is 5.06. The number of rotatable bonds is 9. The van der Waals surface area contributed by atoms with Crippen LogP contribution in [0.25, 0.3) is 0 Å². The van der Waals surface area contributed by atoms with Gasteiger partial charge in [-0.3, -0.25) is 0 Å². The second kappa shape index (κ2) is 11.8. The van der Waals surface area contributed by atoms with Crippen molar-refractivity contribution in [3.05, 3.63) is 35.2 Å². The molecule has 0 unspecified atom stereocenters. The average Bonchev–Trinajstić information content (AvgIpc) is 3.08. The van der Waals surface area contributed by atoms with Gasteiger partial charge in [0.25, 0.3) is 0 Å². The van der Waals surface area contributed by atoms with E-state index in [1.165, 1.54) is 0 Å². The number of nitrogens with zero attached hydrogens (tertiary/aromatic N) is 3. The van der Waals surface area contributed by atoms with Gasteiger partial charge in [-0.15, -0.1) is 0 Å². The van der Waals surface area contributed by atoms with E-state index in [4.69, 9.17) is 9.47 Å². The van der Waals surface area contributed by atoms with Gasteiger partial charge < -0.3 is 35.4 Å². The normalized spacial score (nSPS) is 21.9. The van der Waals surface area contributed by atoms with E-state index in [2.05, 4.69) is 37.4 Å². The van der Waals surface area contributed by atoms with E-state index >= 15 is 0 Å². The third-order valence-electron chi connectivity index (χ3n) is 5.40. The lowest BCUT2D eigenvalue weighted by Gasteiger charge is -2.20. The SMILES string of the molecule is CCOc1ccc(C#Cc2c(C)nc(NCCOC)nc2N[C@@H]2C[C@H](CO)[C@@H](O)[C@H]2O)cn1. The van der Waals surface area contributed by atoms with Crippen LogP contribution in [0.15, 0.2) is 18.3 Å². The predicted octanol–water partition coefficient (Wildman–Crippen LogP) is 0.551. The van der Waals surface area contributed by atoms with Crippen molar-refractivity contribution in [1.29, 1.82) is 0 Å². The number of hydrogen-bond donors (Lipinski definition) is 5. The highest BCUT2D eigenvalue weighted by Crippen LogP contribution is 2.30. The number of aromatic nitrogens is 3. The Morgan fingerprint density at radius 1 is 1.18 bits per heavy atom. The molecule has 10 heteroatoms. The summed E-state index contributed by atoms with van der Waals surface area (Å²) in [7, 11) is 1.61. The van der Waals surface area contributed by atoms with Crippen molar-refractivity contribution in [1.82, 2.24) is 15.0 Å². The fraction of sp³-hybridized carbons (Fsp3) is 0.522. The quantitative estimate of drug-likeness (QED) is 0.268. The Balaban J connectivity index is 1.90. The zero-order chi connectivity index (χ0) is 23.8. The number of aliphatic hydroxyl groups is 3. The number of aliphatic hydroxyl groups excluding tert-OH is 3. The van der Waals surface area contributed by atoms with Gasteiger partial charge >= 0.3 is 0 Å². The smallest absolute Gasteiger partial charge is 0.225 e. The lowest BCUT2D eigenvalue weighted by molar-refractivity contribution is 0.00445. The molecule has 2 aromatic heterocycles. The Labute approximate surface area is 193 Å². The number of pyridine rings is 1. The molecule has 0 radical (unpaired) electrons. The highest BCUT2D eigenvalue weighted by molar-refractivity contribution is 5.60. The van der Waals surface area contributed by atoms with Crippen LogP contribution in [0.1, 0.15) is 30.2 Å². The molecule has 0 aromatic carbocycles. The van der Waals surface area contributed by atoms with Crippen LogP contribution < -0.4 is 15.4 Å². The molecule has 0 aliphatic heterocycles. The molecule has 1 aliphatic carbocycles. The zero-order valence-electron chi connectivity index (χ0n) is 19.1. The first-order valence-corrected chi connectivity index (χ1v) is 10.9. The van der Waals surface area contributed by atoms with E-state index in [1.807, 2.05) is 19.9 Å². The molecule has 4 atom stereocenters. The predicted molar refractivity (Wildman–Crippen MR) is 123 cm³/mol. The number of anilines is 2. The van der Waals surface area contributed by atoms with E-state index in [1.54, 1.807) is 19.4 Å².